The first-order valence-electron chi connectivity index (χ1n) is 7.23. The molecule has 1 N–H and O–H groups in total. The van der Waals surface area contributed by atoms with Crippen molar-refractivity contribution in [3.63, 3.8) is 0 Å². The minimum absolute atomic E-state index is 0.286. The van der Waals surface area contributed by atoms with Gasteiger partial charge in [0, 0.05) is 0 Å². The summed E-state index contributed by atoms with van der Waals surface area (Å²) >= 11 is 5.95. The Balaban J connectivity index is 2.10. The molecule has 3 heteroatoms. The van der Waals surface area contributed by atoms with Gasteiger partial charge in [-0.3, -0.25) is 0 Å². The summed E-state index contributed by atoms with van der Waals surface area (Å²) in [6.45, 7) is 2.23. The maximum absolute atomic E-state index is 5.95. The second-order valence-corrected chi connectivity index (χ2v) is 5.34. The number of halogens is 1. The summed E-state index contributed by atoms with van der Waals surface area (Å²) < 4.78 is 0. The van der Waals surface area contributed by atoms with Gasteiger partial charge in [0.1, 0.15) is 11.0 Å². The fourth-order valence-electron chi connectivity index (χ4n) is 2.27. The van der Waals surface area contributed by atoms with Crippen molar-refractivity contribution < 1.29 is 0 Å². The Morgan fingerprint density at radius 2 is 1.85 bits per heavy atom. The maximum Gasteiger partial charge on any atom is 0.131 e. The molecule has 1 aromatic heterocycles. The third-order valence-electron chi connectivity index (χ3n) is 3.34. The summed E-state index contributed by atoms with van der Waals surface area (Å²) in [4.78, 5) is 4.32. The van der Waals surface area contributed by atoms with Crippen LogP contribution in [0.3, 0.4) is 0 Å². The zero-order chi connectivity index (χ0) is 14.2. The molecule has 1 atom stereocenters. The molecule has 0 saturated heterocycles. The summed E-state index contributed by atoms with van der Waals surface area (Å²) in [6, 6.07) is 16.5. The molecule has 106 valence electrons. The summed E-state index contributed by atoms with van der Waals surface area (Å²) in [7, 11) is 0. The van der Waals surface area contributed by atoms with Crippen molar-refractivity contribution in [3.05, 3.63) is 59.2 Å². The Bertz CT molecular complexity index is 513. The molecule has 0 aliphatic carbocycles. The number of hydrogen-bond acceptors (Lipinski definition) is 2. The number of anilines is 1. The zero-order valence-electron chi connectivity index (χ0n) is 11.8. The van der Waals surface area contributed by atoms with Crippen LogP contribution in [0.5, 0.6) is 0 Å². The highest BCUT2D eigenvalue weighted by atomic mass is 35.5. The molecule has 0 aliphatic heterocycles. The number of unbranched alkanes of at least 4 members (excludes halogenated alkanes) is 2. The topological polar surface area (TPSA) is 24.9 Å². The quantitative estimate of drug-likeness (QED) is 0.540. The molecule has 20 heavy (non-hydrogen) atoms. The average Bonchev–Trinajstić information content (AvgIpc) is 2.47. The van der Waals surface area contributed by atoms with Crippen LogP contribution < -0.4 is 5.32 Å². The predicted octanol–water partition coefficient (Wildman–Crippen LogP) is 5.47. The van der Waals surface area contributed by atoms with Crippen molar-refractivity contribution in [1.82, 2.24) is 4.98 Å². The highest BCUT2D eigenvalue weighted by Crippen LogP contribution is 2.24. The maximum atomic E-state index is 5.95. The number of nitrogens with zero attached hydrogens (tertiary/aromatic N) is 1. The number of nitrogens with one attached hydrogen (secondary N) is 1. The van der Waals surface area contributed by atoms with Crippen LogP contribution >= 0.6 is 11.6 Å². The van der Waals surface area contributed by atoms with Crippen LogP contribution in [0.2, 0.25) is 5.15 Å². The third kappa shape index (κ3) is 4.53. The zero-order valence-corrected chi connectivity index (χ0v) is 12.6. The van der Waals surface area contributed by atoms with Gasteiger partial charge >= 0.3 is 0 Å². The van der Waals surface area contributed by atoms with Gasteiger partial charge < -0.3 is 5.32 Å². The van der Waals surface area contributed by atoms with Crippen molar-refractivity contribution in [2.75, 3.05) is 5.32 Å². The number of rotatable bonds is 7. The molecule has 2 aromatic rings. The normalized spacial score (nSPS) is 12.1. The Labute approximate surface area is 126 Å². The highest BCUT2D eigenvalue weighted by Gasteiger charge is 2.11. The lowest BCUT2D eigenvalue weighted by Crippen LogP contribution is -2.11. The molecule has 0 bridgehead atoms. The molecule has 0 spiro atoms. The smallest absolute Gasteiger partial charge is 0.131 e. The molecular weight excluding hydrogens is 268 g/mol. The Morgan fingerprint density at radius 1 is 1.05 bits per heavy atom. The van der Waals surface area contributed by atoms with Crippen molar-refractivity contribution in [3.8, 4) is 0 Å². The van der Waals surface area contributed by atoms with E-state index in [9.17, 15) is 0 Å². The second kappa shape index (κ2) is 7.91. The van der Waals surface area contributed by atoms with E-state index in [0.717, 1.165) is 12.2 Å². The fourth-order valence-corrected chi connectivity index (χ4v) is 2.44. The minimum atomic E-state index is 0.286. The summed E-state index contributed by atoms with van der Waals surface area (Å²) in [5.74, 6) is 0.836. The van der Waals surface area contributed by atoms with E-state index in [4.69, 9.17) is 11.6 Å². The molecule has 0 fully saturated rings. The SMILES string of the molecule is CCCCCC(Nc1cccc(Cl)n1)c1ccccc1. The van der Waals surface area contributed by atoms with E-state index in [1.54, 1.807) is 6.07 Å². The standard InChI is InChI=1S/C17H21ClN2/c1-2-3-5-11-15(14-9-6-4-7-10-14)19-17-13-8-12-16(18)20-17/h4,6-10,12-13,15H,2-3,5,11H2,1H3,(H,19,20). The lowest BCUT2D eigenvalue weighted by atomic mass is 10.0. The van der Waals surface area contributed by atoms with Gasteiger partial charge in [-0.05, 0) is 24.1 Å². The summed E-state index contributed by atoms with van der Waals surface area (Å²) in [5.41, 5.74) is 1.30. The molecule has 0 radical (unpaired) electrons. The minimum Gasteiger partial charge on any atom is -0.363 e. The van der Waals surface area contributed by atoms with Gasteiger partial charge in [0.15, 0.2) is 0 Å². The number of benzene rings is 1. The Hall–Kier alpha value is -1.54. The summed E-state index contributed by atoms with van der Waals surface area (Å²) in [6.07, 6.45) is 4.81. The number of hydrogen-bond donors (Lipinski definition) is 1. The van der Waals surface area contributed by atoms with Crippen molar-refractivity contribution in [2.45, 2.75) is 38.6 Å². The monoisotopic (exact) mass is 288 g/mol. The second-order valence-electron chi connectivity index (χ2n) is 4.95. The van der Waals surface area contributed by atoms with Crippen LogP contribution in [-0.2, 0) is 0 Å². The van der Waals surface area contributed by atoms with Crippen LogP contribution in [-0.4, -0.2) is 4.98 Å². The Morgan fingerprint density at radius 3 is 2.55 bits per heavy atom. The van der Waals surface area contributed by atoms with Crippen LogP contribution in [0, 0.1) is 0 Å². The van der Waals surface area contributed by atoms with Crippen LogP contribution in [0.4, 0.5) is 5.82 Å². The predicted molar refractivity (Wildman–Crippen MR) is 86.2 cm³/mol. The molecular formula is C17H21ClN2. The molecule has 2 rings (SSSR count). The molecule has 1 aromatic carbocycles. The van der Waals surface area contributed by atoms with E-state index < -0.39 is 0 Å². The first-order valence-corrected chi connectivity index (χ1v) is 7.61. The molecule has 1 unspecified atom stereocenters. The molecule has 0 aliphatic rings. The van der Waals surface area contributed by atoms with E-state index in [2.05, 4.69) is 41.5 Å². The average molecular weight is 289 g/mol. The lowest BCUT2D eigenvalue weighted by Gasteiger charge is -2.20. The number of aromatic nitrogens is 1. The third-order valence-corrected chi connectivity index (χ3v) is 3.55. The molecule has 0 amide bonds. The lowest BCUT2D eigenvalue weighted by molar-refractivity contribution is 0.605. The van der Waals surface area contributed by atoms with Crippen molar-refractivity contribution in [1.29, 1.82) is 0 Å². The van der Waals surface area contributed by atoms with Crippen LogP contribution in [0.15, 0.2) is 48.5 Å². The van der Waals surface area contributed by atoms with Crippen molar-refractivity contribution >= 4 is 17.4 Å². The van der Waals surface area contributed by atoms with E-state index in [0.29, 0.717) is 5.15 Å². The molecule has 0 saturated carbocycles. The van der Waals surface area contributed by atoms with Gasteiger partial charge in [0.05, 0.1) is 6.04 Å². The first kappa shape index (κ1) is 14.9. The van der Waals surface area contributed by atoms with Gasteiger partial charge in [0.2, 0.25) is 0 Å². The molecule has 1 heterocycles. The van der Waals surface area contributed by atoms with Crippen LogP contribution in [0.1, 0.15) is 44.2 Å². The van der Waals surface area contributed by atoms with E-state index in [-0.39, 0.29) is 6.04 Å². The van der Waals surface area contributed by atoms with Gasteiger partial charge in [-0.1, -0.05) is 74.2 Å². The fraction of sp³-hybridized carbons (Fsp3) is 0.353. The van der Waals surface area contributed by atoms with Gasteiger partial charge in [-0.25, -0.2) is 4.98 Å². The van der Waals surface area contributed by atoms with E-state index in [1.807, 2.05) is 18.2 Å². The van der Waals surface area contributed by atoms with E-state index in [1.165, 1.54) is 24.8 Å². The van der Waals surface area contributed by atoms with Gasteiger partial charge in [-0.15, -0.1) is 0 Å². The van der Waals surface area contributed by atoms with Gasteiger partial charge in [-0.2, -0.15) is 0 Å². The summed E-state index contributed by atoms with van der Waals surface area (Å²) in [5, 5.41) is 4.02. The number of pyridine rings is 1. The van der Waals surface area contributed by atoms with Gasteiger partial charge in [0.25, 0.3) is 0 Å². The molecule has 2 nitrogen and oxygen atoms in total. The Kier molecular flexibility index (Phi) is 5.87. The van der Waals surface area contributed by atoms with Crippen molar-refractivity contribution in [2.24, 2.45) is 0 Å². The van der Waals surface area contributed by atoms with Crippen LogP contribution in [0.25, 0.3) is 0 Å². The highest BCUT2D eigenvalue weighted by molar-refractivity contribution is 6.29. The largest absolute Gasteiger partial charge is 0.363 e. The first-order chi connectivity index (χ1) is 9.79. The van der Waals surface area contributed by atoms with E-state index >= 15 is 0 Å².